The molecule has 1 heteroatoms. The maximum atomic E-state index is 2.59. The van der Waals surface area contributed by atoms with Crippen LogP contribution in [0.5, 0.6) is 0 Å². The molecule has 0 radical (unpaired) electrons. The highest BCUT2D eigenvalue weighted by atomic mass is 15.1. The molecule has 0 heterocycles. The highest BCUT2D eigenvalue weighted by molar-refractivity contribution is 5.53. The Kier molecular flexibility index (Phi) is 5.38. The molecule has 3 rings (SSSR count). The van der Waals surface area contributed by atoms with E-state index in [1.807, 2.05) is 0 Å². The molecule has 2 aromatic rings. The minimum absolute atomic E-state index is 0.943. The van der Waals surface area contributed by atoms with E-state index in [-0.39, 0.29) is 0 Å². The van der Waals surface area contributed by atoms with Crippen LogP contribution in [-0.4, -0.2) is 6.54 Å². The van der Waals surface area contributed by atoms with Gasteiger partial charge in [0.15, 0.2) is 0 Å². The first-order valence-electron chi connectivity index (χ1n) is 9.09. The number of nitrogens with zero attached hydrogens (tertiary/aromatic N) is 1. The monoisotopic (exact) mass is 307 g/mol. The largest absolute Gasteiger partial charge is 0.367 e. The molecule has 1 aliphatic carbocycles. The molecule has 0 atom stereocenters. The van der Waals surface area contributed by atoms with Gasteiger partial charge >= 0.3 is 0 Å². The van der Waals surface area contributed by atoms with Crippen LogP contribution >= 0.6 is 0 Å². The standard InChI is InChI=1S/C22H29N/c1-18-9-3-7-13-21(18)17-23(16-15-20-11-5-6-12-20)22-14-8-4-10-19(22)2/h3-4,7-10,13-14,20H,5-6,11-12,15-17H2,1-2H3. The first-order chi connectivity index (χ1) is 11.2. The maximum absolute atomic E-state index is 2.59. The highest BCUT2D eigenvalue weighted by Gasteiger charge is 2.17. The van der Waals surface area contributed by atoms with Gasteiger partial charge in [0.1, 0.15) is 0 Å². The van der Waals surface area contributed by atoms with Gasteiger partial charge in [0.25, 0.3) is 0 Å². The molecule has 1 saturated carbocycles. The van der Waals surface area contributed by atoms with Gasteiger partial charge in [-0.25, -0.2) is 0 Å². The average Bonchev–Trinajstić information content (AvgIpc) is 3.07. The molecule has 0 unspecified atom stereocenters. The number of hydrogen-bond donors (Lipinski definition) is 0. The topological polar surface area (TPSA) is 3.24 Å². The fourth-order valence-corrected chi connectivity index (χ4v) is 3.83. The van der Waals surface area contributed by atoms with Gasteiger partial charge < -0.3 is 4.90 Å². The van der Waals surface area contributed by atoms with Crippen LogP contribution in [0, 0.1) is 19.8 Å². The van der Waals surface area contributed by atoms with E-state index in [2.05, 4.69) is 67.3 Å². The molecule has 0 amide bonds. The molecule has 2 aromatic carbocycles. The van der Waals surface area contributed by atoms with Crippen LogP contribution in [0.1, 0.15) is 48.8 Å². The molecule has 0 aliphatic heterocycles. The molecule has 0 saturated heterocycles. The molecule has 0 bridgehead atoms. The Morgan fingerprint density at radius 1 is 0.870 bits per heavy atom. The van der Waals surface area contributed by atoms with Crippen molar-refractivity contribution in [1.29, 1.82) is 0 Å². The van der Waals surface area contributed by atoms with E-state index in [0.717, 1.165) is 12.5 Å². The van der Waals surface area contributed by atoms with Crippen molar-refractivity contribution in [1.82, 2.24) is 0 Å². The second-order valence-electron chi connectivity index (χ2n) is 7.07. The van der Waals surface area contributed by atoms with Crippen molar-refractivity contribution < 1.29 is 0 Å². The van der Waals surface area contributed by atoms with Crippen LogP contribution in [0.3, 0.4) is 0 Å². The van der Waals surface area contributed by atoms with Gasteiger partial charge in [-0.15, -0.1) is 0 Å². The van der Waals surface area contributed by atoms with E-state index in [1.165, 1.54) is 61.0 Å². The van der Waals surface area contributed by atoms with E-state index in [0.29, 0.717) is 0 Å². The van der Waals surface area contributed by atoms with Gasteiger partial charge in [0, 0.05) is 18.8 Å². The smallest absolute Gasteiger partial charge is 0.0432 e. The van der Waals surface area contributed by atoms with Crippen molar-refractivity contribution in [2.45, 2.75) is 52.5 Å². The van der Waals surface area contributed by atoms with Crippen LogP contribution in [-0.2, 0) is 6.54 Å². The summed E-state index contributed by atoms with van der Waals surface area (Å²) in [4.78, 5) is 2.59. The minimum Gasteiger partial charge on any atom is -0.367 e. The third-order valence-electron chi connectivity index (χ3n) is 5.36. The third-order valence-corrected chi connectivity index (χ3v) is 5.36. The fraction of sp³-hybridized carbons (Fsp3) is 0.455. The molecule has 0 aromatic heterocycles. The lowest BCUT2D eigenvalue weighted by atomic mass is 10.0. The maximum Gasteiger partial charge on any atom is 0.0432 e. The quantitative estimate of drug-likeness (QED) is 0.643. The van der Waals surface area contributed by atoms with Gasteiger partial charge in [-0.3, -0.25) is 0 Å². The Balaban J connectivity index is 1.78. The lowest BCUT2D eigenvalue weighted by molar-refractivity contribution is 0.498. The third kappa shape index (κ3) is 4.16. The van der Waals surface area contributed by atoms with Crippen molar-refractivity contribution in [2.24, 2.45) is 5.92 Å². The highest BCUT2D eigenvalue weighted by Crippen LogP contribution is 2.30. The number of aryl methyl sites for hydroxylation is 2. The number of hydrogen-bond acceptors (Lipinski definition) is 1. The SMILES string of the molecule is Cc1ccccc1CN(CCC1CCCC1)c1ccccc1C. The van der Waals surface area contributed by atoms with E-state index in [1.54, 1.807) is 0 Å². The number of anilines is 1. The normalized spacial score (nSPS) is 15.0. The molecule has 122 valence electrons. The second-order valence-corrected chi connectivity index (χ2v) is 7.07. The Morgan fingerprint density at radius 2 is 1.52 bits per heavy atom. The molecule has 1 aliphatic rings. The summed E-state index contributed by atoms with van der Waals surface area (Å²) in [5.41, 5.74) is 5.62. The zero-order chi connectivity index (χ0) is 16.1. The van der Waals surface area contributed by atoms with Crippen LogP contribution < -0.4 is 4.90 Å². The van der Waals surface area contributed by atoms with Crippen molar-refractivity contribution in [3.8, 4) is 0 Å². The van der Waals surface area contributed by atoms with Gasteiger partial charge in [0.05, 0.1) is 0 Å². The summed E-state index contributed by atoms with van der Waals surface area (Å²) in [7, 11) is 0. The fourth-order valence-electron chi connectivity index (χ4n) is 3.83. The summed E-state index contributed by atoms with van der Waals surface area (Å²) >= 11 is 0. The predicted molar refractivity (Wildman–Crippen MR) is 100.0 cm³/mol. The number of rotatable bonds is 6. The van der Waals surface area contributed by atoms with Crippen LogP contribution in [0.2, 0.25) is 0 Å². The second kappa shape index (κ2) is 7.68. The lowest BCUT2D eigenvalue weighted by Crippen LogP contribution is -2.26. The van der Waals surface area contributed by atoms with Crippen LogP contribution in [0.25, 0.3) is 0 Å². The number of benzene rings is 2. The summed E-state index contributed by atoms with van der Waals surface area (Å²) in [5.74, 6) is 0.943. The lowest BCUT2D eigenvalue weighted by Gasteiger charge is -2.28. The summed E-state index contributed by atoms with van der Waals surface area (Å²) in [6.07, 6.45) is 7.08. The van der Waals surface area contributed by atoms with Gasteiger partial charge in [-0.1, -0.05) is 68.1 Å². The van der Waals surface area contributed by atoms with Gasteiger partial charge in [0.2, 0.25) is 0 Å². The Bertz CT molecular complexity index is 625. The first kappa shape index (κ1) is 16.1. The van der Waals surface area contributed by atoms with E-state index < -0.39 is 0 Å². The summed E-state index contributed by atoms with van der Waals surface area (Å²) < 4.78 is 0. The van der Waals surface area contributed by atoms with E-state index in [4.69, 9.17) is 0 Å². The molecular formula is C22H29N. The molecule has 0 spiro atoms. The van der Waals surface area contributed by atoms with E-state index in [9.17, 15) is 0 Å². The van der Waals surface area contributed by atoms with E-state index >= 15 is 0 Å². The Morgan fingerprint density at radius 3 is 2.22 bits per heavy atom. The summed E-state index contributed by atoms with van der Waals surface area (Å²) in [6.45, 7) is 6.65. The molecule has 1 fully saturated rings. The molecule has 0 N–H and O–H groups in total. The van der Waals surface area contributed by atoms with Crippen molar-refractivity contribution >= 4 is 5.69 Å². The first-order valence-corrected chi connectivity index (χ1v) is 9.09. The van der Waals surface area contributed by atoms with Gasteiger partial charge in [-0.05, 0) is 48.9 Å². The average molecular weight is 307 g/mol. The van der Waals surface area contributed by atoms with Crippen LogP contribution in [0.4, 0.5) is 5.69 Å². The van der Waals surface area contributed by atoms with Crippen molar-refractivity contribution in [3.05, 3.63) is 65.2 Å². The van der Waals surface area contributed by atoms with Crippen LogP contribution in [0.15, 0.2) is 48.5 Å². The number of para-hydroxylation sites is 1. The molecule has 1 nitrogen and oxygen atoms in total. The van der Waals surface area contributed by atoms with Crippen molar-refractivity contribution in [3.63, 3.8) is 0 Å². The predicted octanol–water partition coefficient (Wildman–Crippen LogP) is 5.89. The molecular weight excluding hydrogens is 278 g/mol. The zero-order valence-electron chi connectivity index (χ0n) is 14.6. The minimum atomic E-state index is 0.943. The Hall–Kier alpha value is -1.76. The Labute approximate surface area is 141 Å². The summed E-state index contributed by atoms with van der Waals surface area (Å²) in [5, 5.41) is 0. The van der Waals surface area contributed by atoms with Gasteiger partial charge in [-0.2, -0.15) is 0 Å². The zero-order valence-corrected chi connectivity index (χ0v) is 14.6. The molecule has 23 heavy (non-hydrogen) atoms. The summed E-state index contributed by atoms with van der Waals surface area (Å²) in [6, 6.07) is 17.6. The van der Waals surface area contributed by atoms with Crippen molar-refractivity contribution in [2.75, 3.05) is 11.4 Å².